The third-order valence-electron chi connectivity index (χ3n) is 4.65. The Kier molecular flexibility index (Phi) is 7.17. The maximum absolute atomic E-state index is 13.0. The predicted molar refractivity (Wildman–Crippen MR) is 125 cm³/mol. The second kappa shape index (κ2) is 8.92. The van der Waals surface area contributed by atoms with E-state index in [1.54, 1.807) is 17.0 Å². The second-order valence-corrected chi connectivity index (χ2v) is 10.7. The Balaban J connectivity index is 2.26. The number of benzene rings is 1. The highest BCUT2D eigenvalue weighted by molar-refractivity contribution is 9.10. The molecule has 0 fully saturated rings. The minimum Gasteiger partial charge on any atom is -0.327 e. The summed E-state index contributed by atoms with van der Waals surface area (Å²) in [6.45, 7) is 16.2. The first-order valence-electron chi connectivity index (χ1n) is 10.2. The topological polar surface area (TPSA) is 67.2 Å². The van der Waals surface area contributed by atoms with Crippen LogP contribution in [0, 0.1) is 0 Å². The van der Waals surface area contributed by atoms with E-state index in [0.29, 0.717) is 11.4 Å². The number of rotatable bonds is 5. The van der Waals surface area contributed by atoms with E-state index in [4.69, 9.17) is 5.10 Å². The molecule has 0 spiro atoms. The fraction of sp³-hybridized carbons (Fsp3) is 0.522. The Labute approximate surface area is 188 Å². The van der Waals surface area contributed by atoms with Crippen LogP contribution in [0.1, 0.15) is 71.4 Å². The summed E-state index contributed by atoms with van der Waals surface area (Å²) in [4.78, 5) is 27.5. The summed E-state index contributed by atoms with van der Waals surface area (Å²) >= 11 is 3.40. The van der Waals surface area contributed by atoms with Crippen molar-refractivity contribution in [2.75, 3.05) is 11.9 Å². The third kappa shape index (κ3) is 5.94. The van der Waals surface area contributed by atoms with Gasteiger partial charge in [0.05, 0.1) is 11.2 Å². The van der Waals surface area contributed by atoms with Gasteiger partial charge >= 0.3 is 0 Å². The number of amides is 2. The number of nitrogens with zero attached hydrogens (tertiary/aromatic N) is 3. The van der Waals surface area contributed by atoms with E-state index >= 15 is 0 Å². The maximum Gasteiger partial charge on any atom is 0.254 e. The number of nitrogens with one attached hydrogen (secondary N) is 1. The number of halogens is 1. The Morgan fingerprint density at radius 1 is 1.13 bits per heavy atom. The first kappa shape index (κ1) is 24.1. The van der Waals surface area contributed by atoms with Crippen LogP contribution in [-0.4, -0.2) is 39.1 Å². The van der Waals surface area contributed by atoms with Crippen molar-refractivity contribution in [2.24, 2.45) is 0 Å². The van der Waals surface area contributed by atoms with E-state index in [1.807, 2.05) is 57.5 Å². The number of aromatic nitrogens is 2. The molecule has 6 nitrogen and oxygen atoms in total. The van der Waals surface area contributed by atoms with Gasteiger partial charge in [-0.3, -0.25) is 9.59 Å². The van der Waals surface area contributed by atoms with Crippen LogP contribution in [-0.2, 0) is 15.7 Å². The van der Waals surface area contributed by atoms with E-state index in [9.17, 15) is 9.59 Å². The molecule has 0 radical (unpaired) electrons. The second-order valence-electron chi connectivity index (χ2n) is 9.83. The molecule has 0 atom stereocenters. The zero-order valence-corrected chi connectivity index (χ0v) is 20.8. The zero-order valence-electron chi connectivity index (χ0n) is 19.2. The highest BCUT2D eigenvalue weighted by atomic mass is 79.9. The first-order chi connectivity index (χ1) is 13.7. The summed E-state index contributed by atoms with van der Waals surface area (Å²) in [6.07, 6.45) is 0. The van der Waals surface area contributed by atoms with Crippen LogP contribution in [0.15, 0.2) is 34.8 Å². The summed E-state index contributed by atoms with van der Waals surface area (Å²) in [5.74, 6) is 0.204. The van der Waals surface area contributed by atoms with E-state index in [0.717, 1.165) is 10.2 Å². The molecule has 2 aromatic rings. The molecule has 1 N–H and O–H groups in total. The average Bonchev–Trinajstić information content (AvgIpc) is 3.03. The number of carbonyl (C=O) groups excluding carboxylic acids is 2. The molecule has 0 aliphatic heterocycles. The lowest BCUT2D eigenvalue weighted by atomic mass is 9.92. The van der Waals surface area contributed by atoms with Gasteiger partial charge in [-0.15, -0.1) is 0 Å². The van der Waals surface area contributed by atoms with Gasteiger partial charge in [0, 0.05) is 27.6 Å². The third-order valence-corrected chi connectivity index (χ3v) is 5.14. The summed E-state index contributed by atoms with van der Waals surface area (Å²) in [5, 5.41) is 7.70. The Hall–Kier alpha value is -2.15. The molecule has 2 rings (SSSR count). The normalized spacial score (nSPS) is 12.2. The highest BCUT2D eigenvalue weighted by Gasteiger charge is 2.27. The highest BCUT2D eigenvalue weighted by Crippen LogP contribution is 2.28. The molecular weight excluding hydrogens is 444 g/mol. The molecule has 0 aliphatic carbocycles. The number of hydrogen-bond donors (Lipinski definition) is 1. The van der Waals surface area contributed by atoms with Gasteiger partial charge in [-0.2, -0.15) is 5.10 Å². The van der Waals surface area contributed by atoms with Gasteiger partial charge in [-0.25, -0.2) is 4.68 Å². The summed E-state index contributed by atoms with van der Waals surface area (Å²) in [6, 6.07) is 8.99. The van der Waals surface area contributed by atoms with Crippen molar-refractivity contribution in [1.29, 1.82) is 0 Å². The molecule has 7 heteroatoms. The molecule has 0 bridgehead atoms. The van der Waals surface area contributed by atoms with Crippen molar-refractivity contribution in [1.82, 2.24) is 14.7 Å². The van der Waals surface area contributed by atoms with Crippen molar-refractivity contribution >= 4 is 33.6 Å². The largest absolute Gasteiger partial charge is 0.327 e. The van der Waals surface area contributed by atoms with Gasteiger partial charge in [0.2, 0.25) is 5.91 Å². The lowest BCUT2D eigenvalue weighted by molar-refractivity contribution is -0.117. The van der Waals surface area contributed by atoms with Crippen LogP contribution in [0.5, 0.6) is 0 Å². The minimum atomic E-state index is -0.296. The molecular formula is C23H33BrN4O2. The van der Waals surface area contributed by atoms with Crippen molar-refractivity contribution in [3.8, 4) is 0 Å². The van der Waals surface area contributed by atoms with Gasteiger partial charge in [0.25, 0.3) is 5.91 Å². The summed E-state index contributed by atoms with van der Waals surface area (Å²) < 4.78 is 2.66. The lowest BCUT2D eigenvalue weighted by Gasteiger charge is -2.27. The molecule has 1 aromatic carbocycles. The monoisotopic (exact) mass is 476 g/mol. The van der Waals surface area contributed by atoms with Gasteiger partial charge in [0.1, 0.15) is 12.4 Å². The summed E-state index contributed by atoms with van der Waals surface area (Å²) in [5.41, 5.74) is 1.01. The number of carbonyl (C=O) groups is 2. The average molecular weight is 477 g/mol. The number of hydrogen-bond acceptors (Lipinski definition) is 3. The quantitative estimate of drug-likeness (QED) is 0.645. The maximum atomic E-state index is 13.0. The molecule has 0 aliphatic rings. The Morgan fingerprint density at radius 2 is 1.77 bits per heavy atom. The van der Waals surface area contributed by atoms with Crippen molar-refractivity contribution in [3.05, 3.63) is 46.1 Å². The predicted octanol–water partition coefficient (Wildman–Crippen LogP) is 5.19. The zero-order chi connectivity index (χ0) is 22.9. The van der Waals surface area contributed by atoms with Crippen LogP contribution in [0.4, 0.5) is 5.82 Å². The van der Waals surface area contributed by atoms with Crippen LogP contribution in [0.2, 0.25) is 0 Å². The van der Waals surface area contributed by atoms with Crippen LogP contribution >= 0.6 is 15.9 Å². The van der Waals surface area contributed by atoms with Gasteiger partial charge < -0.3 is 10.2 Å². The van der Waals surface area contributed by atoms with Crippen molar-refractivity contribution in [3.63, 3.8) is 0 Å². The molecule has 164 valence electrons. The fourth-order valence-electron chi connectivity index (χ4n) is 2.96. The van der Waals surface area contributed by atoms with Gasteiger partial charge in [-0.05, 0) is 52.8 Å². The molecule has 0 saturated heterocycles. The molecule has 1 heterocycles. The van der Waals surface area contributed by atoms with Crippen LogP contribution in [0.25, 0.3) is 0 Å². The van der Waals surface area contributed by atoms with Crippen LogP contribution in [0.3, 0.4) is 0 Å². The van der Waals surface area contributed by atoms with Crippen molar-refractivity contribution < 1.29 is 9.59 Å². The van der Waals surface area contributed by atoms with Crippen LogP contribution < -0.4 is 5.32 Å². The lowest BCUT2D eigenvalue weighted by Crippen LogP contribution is -2.42. The van der Waals surface area contributed by atoms with E-state index in [1.165, 1.54) is 0 Å². The van der Waals surface area contributed by atoms with E-state index in [-0.39, 0.29) is 35.4 Å². The standard InChI is InChI=1S/C23H33BrN4O2/c1-15(2)27(21(30)16-10-9-11-17(24)12-16)14-20(29)25-19-13-18(22(3,4)5)26-28(19)23(6,7)8/h9-13,15H,14H2,1-8H3,(H,25,29). The molecule has 1 aromatic heterocycles. The minimum absolute atomic E-state index is 0.0385. The van der Waals surface area contributed by atoms with Crippen molar-refractivity contribution in [2.45, 2.75) is 72.4 Å². The van der Waals surface area contributed by atoms with Gasteiger partial charge in [0.15, 0.2) is 0 Å². The van der Waals surface area contributed by atoms with E-state index < -0.39 is 0 Å². The SMILES string of the molecule is CC(C)N(CC(=O)Nc1cc(C(C)(C)C)nn1C(C)(C)C)C(=O)c1cccc(Br)c1. The molecule has 0 saturated carbocycles. The Morgan fingerprint density at radius 3 is 2.27 bits per heavy atom. The molecule has 0 unspecified atom stereocenters. The Bertz CT molecular complexity index is 920. The molecule has 30 heavy (non-hydrogen) atoms. The van der Waals surface area contributed by atoms with E-state index in [2.05, 4.69) is 42.0 Å². The first-order valence-corrected chi connectivity index (χ1v) is 11.0. The molecule has 2 amide bonds. The fourth-order valence-corrected chi connectivity index (χ4v) is 3.36. The van der Waals surface area contributed by atoms with Gasteiger partial charge in [-0.1, -0.05) is 42.8 Å². The number of anilines is 1. The smallest absolute Gasteiger partial charge is 0.254 e. The summed E-state index contributed by atoms with van der Waals surface area (Å²) in [7, 11) is 0.